The highest BCUT2D eigenvalue weighted by atomic mass is 19.2. The Bertz CT molecular complexity index is 688. The van der Waals surface area contributed by atoms with Crippen molar-refractivity contribution in [2.24, 2.45) is 0 Å². The summed E-state index contributed by atoms with van der Waals surface area (Å²) in [6.45, 7) is 4.62. The summed E-state index contributed by atoms with van der Waals surface area (Å²) in [5.74, 6) is -3.13. The standard InChI is InChI=1S/C17H15F3O/c1-10-4-9-13(15(20)14(10)19)16(21)17(2,3)11-5-7-12(18)8-6-11/h4-9H,1-3H3. The van der Waals surface area contributed by atoms with Crippen LogP contribution in [0.5, 0.6) is 0 Å². The molecule has 0 aromatic heterocycles. The molecular formula is C17H15F3O. The highest BCUT2D eigenvalue weighted by molar-refractivity contribution is 6.03. The van der Waals surface area contributed by atoms with Gasteiger partial charge in [-0.3, -0.25) is 4.79 Å². The van der Waals surface area contributed by atoms with E-state index in [1.54, 1.807) is 13.8 Å². The molecule has 0 N–H and O–H groups in total. The fraction of sp³-hybridized carbons (Fsp3) is 0.235. The molecule has 0 atom stereocenters. The topological polar surface area (TPSA) is 17.1 Å². The molecule has 21 heavy (non-hydrogen) atoms. The zero-order chi connectivity index (χ0) is 15.8. The first-order chi connectivity index (χ1) is 9.75. The molecule has 0 heterocycles. The van der Waals surface area contributed by atoms with Crippen LogP contribution in [-0.4, -0.2) is 5.78 Å². The highest BCUT2D eigenvalue weighted by Gasteiger charge is 2.33. The molecule has 0 radical (unpaired) electrons. The molecule has 0 amide bonds. The Morgan fingerprint density at radius 3 is 2.05 bits per heavy atom. The van der Waals surface area contributed by atoms with Crippen molar-refractivity contribution < 1.29 is 18.0 Å². The number of hydrogen-bond acceptors (Lipinski definition) is 1. The van der Waals surface area contributed by atoms with Crippen LogP contribution in [0.2, 0.25) is 0 Å². The molecular weight excluding hydrogens is 277 g/mol. The molecule has 0 unspecified atom stereocenters. The molecule has 2 rings (SSSR count). The number of Topliss-reactive ketones (excluding diaryl/α,β-unsaturated/α-hetero) is 1. The maximum atomic E-state index is 14.0. The second-order valence-electron chi connectivity index (χ2n) is 5.52. The third-order valence-corrected chi connectivity index (χ3v) is 3.65. The molecule has 0 fully saturated rings. The van der Waals surface area contributed by atoms with Crippen LogP contribution < -0.4 is 0 Å². The summed E-state index contributed by atoms with van der Waals surface area (Å²) in [7, 11) is 0. The van der Waals surface area contributed by atoms with Crippen molar-refractivity contribution >= 4 is 5.78 Å². The van der Waals surface area contributed by atoms with Crippen molar-refractivity contribution in [1.29, 1.82) is 0 Å². The van der Waals surface area contributed by atoms with E-state index >= 15 is 0 Å². The van der Waals surface area contributed by atoms with Gasteiger partial charge in [-0.05, 0) is 50.1 Å². The molecule has 0 saturated heterocycles. The Labute approximate surface area is 121 Å². The first kappa shape index (κ1) is 15.3. The van der Waals surface area contributed by atoms with Crippen molar-refractivity contribution in [3.63, 3.8) is 0 Å². The fourth-order valence-electron chi connectivity index (χ4n) is 2.16. The van der Waals surface area contributed by atoms with Crippen LogP contribution >= 0.6 is 0 Å². The van der Waals surface area contributed by atoms with Gasteiger partial charge in [0.1, 0.15) is 5.82 Å². The third-order valence-electron chi connectivity index (χ3n) is 3.65. The van der Waals surface area contributed by atoms with Crippen LogP contribution in [0.15, 0.2) is 36.4 Å². The van der Waals surface area contributed by atoms with Crippen LogP contribution in [-0.2, 0) is 5.41 Å². The molecule has 2 aromatic carbocycles. The van der Waals surface area contributed by atoms with E-state index in [0.29, 0.717) is 5.56 Å². The Hall–Kier alpha value is -2.10. The molecule has 0 aliphatic carbocycles. The van der Waals surface area contributed by atoms with Gasteiger partial charge in [-0.25, -0.2) is 13.2 Å². The minimum atomic E-state index is -1.14. The van der Waals surface area contributed by atoms with E-state index in [0.717, 1.165) is 0 Å². The van der Waals surface area contributed by atoms with Gasteiger partial charge >= 0.3 is 0 Å². The van der Waals surface area contributed by atoms with Gasteiger partial charge in [-0.15, -0.1) is 0 Å². The summed E-state index contributed by atoms with van der Waals surface area (Å²) in [6, 6.07) is 8.05. The SMILES string of the molecule is Cc1ccc(C(=O)C(C)(C)c2ccc(F)cc2)c(F)c1F. The van der Waals surface area contributed by atoms with Gasteiger partial charge in [-0.2, -0.15) is 0 Å². The van der Waals surface area contributed by atoms with E-state index in [4.69, 9.17) is 0 Å². The maximum absolute atomic E-state index is 14.0. The maximum Gasteiger partial charge on any atom is 0.175 e. The summed E-state index contributed by atoms with van der Waals surface area (Å²) in [4.78, 5) is 12.5. The number of carbonyl (C=O) groups is 1. The summed E-state index contributed by atoms with van der Waals surface area (Å²) in [5, 5.41) is 0. The average Bonchev–Trinajstić information content (AvgIpc) is 2.45. The summed E-state index contributed by atoms with van der Waals surface area (Å²) < 4.78 is 40.6. The molecule has 0 bridgehead atoms. The average molecular weight is 292 g/mol. The van der Waals surface area contributed by atoms with E-state index in [2.05, 4.69) is 0 Å². The Balaban J connectivity index is 2.48. The molecule has 0 spiro atoms. The molecule has 0 aliphatic heterocycles. The number of hydrogen-bond donors (Lipinski definition) is 0. The highest BCUT2D eigenvalue weighted by Crippen LogP contribution is 2.30. The van der Waals surface area contributed by atoms with Crippen LogP contribution in [0.1, 0.15) is 35.3 Å². The largest absolute Gasteiger partial charge is 0.293 e. The quantitative estimate of drug-likeness (QED) is 0.757. The predicted molar refractivity (Wildman–Crippen MR) is 74.9 cm³/mol. The minimum absolute atomic E-state index is 0.142. The number of halogens is 3. The van der Waals surface area contributed by atoms with Crippen molar-refractivity contribution in [1.82, 2.24) is 0 Å². The normalized spacial score (nSPS) is 11.5. The van der Waals surface area contributed by atoms with Gasteiger partial charge in [0.05, 0.1) is 11.0 Å². The summed E-state index contributed by atoms with van der Waals surface area (Å²) in [6.07, 6.45) is 0. The van der Waals surface area contributed by atoms with Crippen molar-refractivity contribution in [2.45, 2.75) is 26.2 Å². The lowest BCUT2D eigenvalue weighted by Gasteiger charge is -2.24. The zero-order valence-corrected chi connectivity index (χ0v) is 12.0. The Morgan fingerprint density at radius 1 is 0.905 bits per heavy atom. The summed E-state index contributed by atoms with van der Waals surface area (Å²) >= 11 is 0. The van der Waals surface area contributed by atoms with Gasteiger partial charge in [0, 0.05) is 0 Å². The molecule has 0 aliphatic rings. The fourth-order valence-corrected chi connectivity index (χ4v) is 2.16. The van der Waals surface area contributed by atoms with Crippen LogP contribution in [0.3, 0.4) is 0 Å². The van der Waals surface area contributed by atoms with Crippen LogP contribution in [0.4, 0.5) is 13.2 Å². The lowest BCUT2D eigenvalue weighted by molar-refractivity contribution is 0.0903. The van der Waals surface area contributed by atoms with Crippen molar-refractivity contribution in [3.05, 3.63) is 70.5 Å². The van der Waals surface area contributed by atoms with Crippen molar-refractivity contribution in [2.75, 3.05) is 0 Å². The lowest BCUT2D eigenvalue weighted by atomic mass is 9.78. The van der Waals surface area contributed by atoms with E-state index in [1.165, 1.54) is 43.3 Å². The Kier molecular flexibility index (Phi) is 3.90. The minimum Gasteiger partial charge on any atom is -0.293 e. The second kappa shape index (κ2) is 5.35. The molecule has 110 valence electrons. The first-order valence-corrected chi connectivity index (χ1v) is 6.50. The number of aryl methyl sites for hydroxylation is 1. The first-order valence-electron chi connectivity index (χ1n) is 6.50. The van der Waals surface area contributed by atoms with Crippen LogP contribution in [0.25, 0.3) is 0 Å². The zero-order valence-electron chi connectivity index (χ0n) is 12.0. The number of rotatable bonds is 3. The molecule has 4 heteroatoms. The van der Waals surface area contributed by atoms with E-state index < -0.39 is 28.6 Å². The Morgan fingerprint density at radius 2 is 1.48 bits per heavy atom. The van der Waals surface area contributed by atoms with E-state index in [9.17, 15) is 18.0 Å². The van der Waals surface area contributed by atoms with Gasteiger partial charge in [0.2, 0.25) is 0 Å². The number of benzene rings is 2. The second-order valence-corrected chi connectivity index (χ2v) is 5.52. The molecule has 2 aromatic rings. The smallest absolute Gasteiger partial charge is 0.175 e. The monoisotopic (exact) mass is 292 g/mol. The van der Waals surface area contributed by atoms with Gasteiger partial charge in [0.25, 0.3) is 0 Å². The lowest BCUT2D eigenvalue weighted by Crippen LogP contribution is -2.30. The number of carbonyl (C=O) groups excluding carboxylic acids is 1. The molecule has 0 saturated carbocycles. The third kappa shape index (κ3) is 2.71. The predicted octanol–water partition coefficient (Wildman–Crippen LogP) is 4.57. The van der Waals surface area contributed by atoms with Gasteiger partial charge < -0.3 is 0 Å². The van der Waals surface area contributed by atoms with E-state index in [1.807, 2.05) is 0 Å². The van der Waals surface area contributed by atoms with Gasteiger partial charge in [0.15, 0.2) is 17.4 Å². The van der Waals surface area contributed by atoms with Crippen LogP contribution in [0, 0.1) is 24.4 Å². The van der Waals surface area contributed by atoms with E-state index in [-0.39, 0.29) is 11.1 Å². The summed E-state index contributed by atoms with van der Waals surface area (Å²) in [5.41, 5.74) is -0.707. The van der Waals surface area contributed by atoms with Gasteiger partial charge in [-0.1, -0.05) is 18.2 Å². The number of ketones is 1. The van der Waals surface area contributed by atoms with Crippen molar-refractivity contribution in [3.8, 4) is 0 Å². The molecule has 1 nitrogen and oxygen atoms in total.